The molecule has 0 saturated heterocycles. The van der Waals surface area contributed by atoms with Crippen LogP contribution in [0.2, 0.25) is 0 Å². The van der Waals surface area contributed by atoms with E-state index in [0.717, 1.165) is 12.2 Å². The van der Waals surface area contributed by atoms with Gasteiger partial charge in [-0.2, -0.15) is 5.06 Å². The number of rotatable bonds is 5. The average molecular weight is 185 g/mol. The number of hydroxylamine groups is 2. The van der Waals surface area contributed by atoms with Gasteiger partial charge >= 0.3 is 0 Å². The molecule has 0 heterocycles. The topological polar surface area (TPSA) is 12.5 Å². The predicted octanol–water partition coefficient (Wildman–Crippen LogP) is 3.07. The lowest BCUT2D eigenvalue weighted by Crippen LogP contribution is -2.20. The SMILES string of the molecule is C/C=C(\ON(C)C)C(CC)C(C)C. The van der Waals surface area contributed by atoms with Crippen molar-refractivity contribution in [3.8, 4) is 0 Å². The summed E-state index contributed by atoms with van der Waals surface area (Å²) in [4.78, 5) is 5.61. The Hall–Kier alpha value is -0.500. The minimum absolute atomic E-state index is 0.535. The highest BCUT2D eigenvalue weighted by molar-refractivity contribution is 4.97. The Morgan fingerprint density at radius 1 is 1.38 bits per heavy atom. The fourth-order valence-corrected chi connectivity index (χ4v) is 1.55. The van der Waals surface area contributed by atoms with Crippen molar-refractivity contribution in [2.24, 2.45) is 11.8 Å². The second kappa shape index (κ2) is 6.03. The maximum Gasteiger partial charge on any atom is 0.123 e. The lowest BCUT2D eigenvalue weighted by Gasteiger charge is -2.24. The van der Waals surface area contributed by atoms with Gasteiger partial charge in [0.15, 0.2) is 0 Å². The summed E-state index contributed by atoms with van der Waals surface area (Å²) in [6.45, 7) is 8.70. The second-order valence-corrected chi connectivity index (χ2v) is 3.85. The zero-order valence-electron chi connectivity index (χ0n) is 9.79. The summed E-state index contributed by atoms with van der Waals surface area (Å²) in [5.41, 5.74) is 0. The lowest BCUT2D eigenvalue weighted by molar-refractivity contribution is -0.0894. The predicted molar refractivity (Wildman–Crippen MR) is 57.1 cm³/mol. The van der Waals surface area contributed by atoms with Crippen molar-refractivity contribution in [1.82, 2.24) is 5.06 Å². The van der Waals surface area contributed by atoms with Crippen LogP contribution < -0.4 is 0 Å². The molecule has 0 aliphatic carbocycles. The summed E-state index contributed by atoms with van der Waals surface area (Å²) in [6.07, 6.45) is 3.19. The Balaban J connectivity index is 4.36. The van der Waals surface area contributed by atoms with Crippen LogP contribution in [0.4, 0.5) is 0 Å². The van der Waals surface area contributed by atoms with Gasteiger partial charge in [0, 0.05) is 20.0 Å². The van der Waals surface area contributed by atoms with E-state index in [4.69, 9.17) is 4.84 Å². The van der Waals surface area contributed by atoms with E-state index in [1.54, 1.807) is 5.06 Å². The van der Waals surface area contributed by atoms with E-state index in [0.29, 0.717) is 11.8 Å². The summed E-state index contributed by atoms with van der Waals surface area (Å²) in [5.74, 6) is 2.26. The molecule has 0 aromatic heterocycles. The van der Waals surface area contributed by atoms with Crippen LogP contribution in [0.3, 0.4) is 0 Å². The first kappa shape index (κ1) is 12.5. The number of hydrogen-bond donors (Lipinski definition) is 0. The molecule has 0 amide bonds. The highest BCUT2D eigenvalue weighted by atomic mass is 16.7. The van der Waals surface area contributed by atoms with Crippen LogP contribution >= 0.6 is 0 Å². The standard InChI is InChI=1S/C11H23NO/c1-7-10(9(3)4)11(8-2)13-12(5)6/h8-10H,7H2,1-6H3/b11-8-. The average Bonchev–Trinajstić information content (AvgIpc) is 2.02. The Labute approximate surface area is 82.5 Å². The van der Waals surface area contributed by atoms with Gasteiger partial charge in [-0.15, -0.1) is 0 Å². The van der Waals surface area contributed by atoms with E-state index in [2.05, 4.69) is 26.8 Å². The van der Waals surface area contributed by atoms with Gasteiger partial charge in [0.25, 0.3) is 0 Å². The molecule has 0 aromatic rings. The molecule has 0 radical (unpaired) electrons. The minimum atomic E-state index is 0.535. The van der Waals surface area contributed by atoms with Crippen LogP contribution in [0.1, 0.15) is 34.1 Å². The van der Waals surface area contributed by atoms with Crippen molar-refractivity contribution in [3.63, 3.8) is 0 Å². The van der Waals surface area contributed by atoms with Crippen molar-refractivity contribution in [2.75, 3.05) is 14.1 Å². The fourth-order valence-electron chi connectivity index (χ4n) is 1.55. The molecule has 0 aliphatic rings. The Morgan fingerprint density at radius 2 is 1.92 bits per heavy atom. The first-order valence-electron chi connectivity index (χ1n) is 5.04. The van der Waals surface area contributed by atoms with E-state index in [1.807, 2.05) is 21.0 Å². The van der Waals surface area contributed by atoms with Crippen molar-refractivity contribution in [2.45, 2.75) is 34.1 Å². The van der Waals surface area contributed by atoms with Gasteiger partial charge in [-0.1, -0.05) is 20.8 Å². The molecule has 0 spiro atoms. The third-order valence-corrected chi connectivity index (χ3v) is 2.18. The third-order valence-electron chi connectivity index (χ3n) is 2.18. The summed E-state index contributed by atoms with van der Waals surface area (Å²) >= 11 is 0. The summed E-state index contributed by atoms with van der Waals surface area (Å²) in [6, 6.07) is 0. The molecule has 78 valence electrons. The number of hydrogen-bond acceptors (Lipinski definition) is 2. The van der Waals surface area contributed by atoms with E-state index in [1.165, 1.54) is 0 Å². The smallest absolute Gasteiger partial charge is 0.123 e. The van der Waals surface area contributed by atoms with Gasteiger partial charge in [0.2, 0.25) is 0 Å². The highest BCUT2D eigenvalue weighted by Crippen LogP contribution is 2.24. The Bertz CT molecular complexity index is 161. The maximum absolute atomic E-state index is 5.61. The molecule has 1 atom stereocenters. The zero-order valence-corrected chi connectivity index (χ0v) is 9.79. The van der Waals surface area contributed by atoms with Gasteiger partial charge < -0.3 is 4.84 Å². The van der Waals surface area contributed by atoms with Crippen molar-refractivity contribution in [3.05, 3.63) is 11.8 Å². The van der Waals surface area contributed by atoms with Crippen molar-refractivity contribution >= 4 is 0 Å². The van der Waals surface area contributed by atoms with Crippen LogP contribution in [-0.4, -0.2) is 19.2 Å². The van der Waals surface area contributed by atoms with E-state index >= 15 is 0 Å². The maximum atomic E-state index is 5.61. The van der Waals surface area contributed by atoms with Crippen LogP contribution in [0.5, 0.6) is 0 Å². The van der Waals surface area contributed by atoms with E-state index < -0.39 is 0 Å². The number of nitrogens with zero attached hydrogens (tertiary/aromatic N) is 1. The molecule has 1 unspecified atom stereocenters. The van der Waals surface area contributed by atoms with Crippen molar-refractivity contribution in [1.29, 1.82) is 0 Å². The lowest BCUT2D eigenvalue weighted by atomic mass is 9.91. The summed E-state index contributed by atoms with van der Waals surface area (Å²) in [5, 5.41) is 1.75. The summed E-state index contributed by atoms with van der Waals surface area (Å²) < 4.78 is 0. The summed E-state index contributed by atoms with van der Waals surface area (Å²) in [7, 11) is 3.83. The molecule has 0 aromatic carbocycles. The Morgan fingerprint density at radius 3 is 2.15 bits per heavy atom. The van der Waals surface area contributed by atoms with Gasteiger partial charge in [-0.3, -0.25) is 0 Å². The van der Waals surface area contributed by atoms with Gasteiger partial charge in [-0.25, -0.2) is 0 Å². The molecule has 0 N–H and O–H groups in total. The van der Waals surface area contributed by atoms with Crippen LogP contribution in [0.15, 0.2) is 11.8 Å². The quantitative estimate of drug-likeness (QED) is 0.482. The second-order valence-electron chi connectivity index (χ2n) is 3.85. The monoisotopic (exact) mass is 185 g/mol. The molecule has 13 heavy (non-hydrogen) atoms. The minimum Gasteiger partial charge on any atom is -0.411 e. The van der Waals surface area contributed by atoms with Crippen LogP contribution in [-0.2, 0) is 4.84 Å². The van der Waals surface area contributed by atoms with Crippen LogP contribution in [0.25, 0.3) is 0 Å². The molecular formula is C11H23NO. The number of allylic oxidation sites excluding steroid dienone is 2. The molecule has 0 fully saturated rings. The van der Waals surface area contributed by atoms with E-state index in [-0.39, 0.29) is 0 Å². The van der Waals surface area contributed by atoms with Gasteiger partial charge in [0.05, 0.1) is 0 Å². The van der Waals surface area contributed by atoms with E-state index in [9.17, 15) is 0 Å². The van der Waals surface area contributed by atoms with Gasteiger partial charge in [0.1, 0.15) is 5.76 Å². The normalized spacial score (nSPS) is 15.2. The van der Waals surface area contributed by atoms with Crippen LogP contribution in [0, 0.1) is 11.8 Å². The highest BCUT2D eigenvalue weighted by Gasteiger charge is 2.17. The molecule has 0 bridgehead atoms. The third kappa shape index (κ3) is 4.32. The van der Waals surface area contributed by atoms with Crippen molar-refractivity contribution < 1.29 is 4.84 Å². The molecule has 0 saturated carbocycles. The molecule has 0 aliphatic heterocycles. The fraction of sp³-hybridized carbons (Fsp3) is 0.818. The first-order chi connectivity index (χ1) is 6.02. The molecule has 2 heteroatoms. The zero-order chi connectivity index (χ0) is 10.4. The van der Waals surface area contributed by atoms with Gasteiger partial charge in [-0.05, 0) is 25.3 Å². The molecule has 0 rings (SSSR count). The largest absolute Gasteiger partial charge is 0.411 e. The Kier molecular flexibility index (Phi) is 5.80. The molecular weight excluding hydrogens is 162 g/mol. The molecule has 2 nitrogen and oxygen atoms in total. The first-order valence-corrected chi connectivity index (χ1v) is 5.04.